The molecule has 1 aliphatic carbocycles. The van der Waals surface area contributed by atoms with Crippen LogP contribution >= 0.6 is 11.3 Å². The Labute approximate surface area is 164 Å². The van der Waals surface area contributed by atoms with Gasteiger partial charge in [0.25, 0.3) is 0 Å². The Bertz CT molecular complexity index is 956. The third kappa shape index (κ3) is 3.78. The number of benzene rings is 1. The van der Waals surface area contributed by atoms with Gasteiger partial charge in [0.05, 0.1) is 0 Å². The maximum Gasteiger partial charge on any atom is 0.319 e. The molecular formula is C22H25N3OS. The highest BCUT2D eigenvalue weighted by atomic mass is 32.1. The van der Waals surface area contributed by atoms with E-state index in [4.69, 9.17) is 0 Å². The molecule has 3 aromatic rings. The average Bonchev–Trinajstić information content (AvgIpc) is 3.30. The van der Waals surface area contributed by atoms with Crippen molar-refractivity contribution in [3.63, 3.8) is 0 Å². The van der Waals surface area contributed by atoms with E-state index < -0.39 is 0 Å². The van der Waals surface area contributed by atoms with Gasteiger partial charge in [0.1, 0.15) is 5.00 Å². The average molecular weight is 380 g/mol. The molecule has 0 saturated heterocycles. The van der Waals surface area contributed by atoms with Gasteiger partial charge in [-0.1, -0.05) is 17.7 Å². The number of carbonyl (C=O) groups is 1. The first-order valence-electron chi connectivity index (χ1n) is 9.50. The lowest BCUT2D eigenvalue weighted by Crippen LogP contribution is -2.29. The molecule has 0 radical (unpaired) electrons. The molecule has 2 amide bonds. The molecule has 0 aliphatic heterocycles. The van der Waals surface area contributed by atoms with Crippen LogP contribution in [0.4, 0.5) is 10.5 Å². The number of carbonyl (C=O) groups excluding carboxylic acids is 1. The van der Waals surface area contributed by atoms with E-state index in [-0.39, 0.29) is 6.03 Å². The molecule has 5 heteroatoms. The van der Waals surface area contributed by atoms with Crippen molar-refractivity contribution in [1.82, 2.24) is 9.88 Å². The normalized spacial score (nSPS) is 13.3. The fourth-order valence-electron chi connectivity index (χ4n) is 3.77. The lowest BCUT2D eigenvalue weighted by molar-refractivity contribution is 0.251. The van der Waals surface area contributed by atoms with Crippen molar-refractivity contribution in [2.75, 3.05) is 5.32 Å². The van der Waals surface area contributed by atoms with E-state index in [9.17, 15) is 4.79 Å². The predicted octanol–water partition coefficient (Wildman–Crippen LogP) is 5.36. The quantitative estimate of drug-likeness (QED) is 0.630. The minimum absolute atomic E-state index is 0.156. The number of fused-ring (bicyclic) bond motifs is 1. The maximum absolute atomic E-state index is 12.5. The van der Waals surface area contributed by atoms with E-state index in [1.807, 2.05) is 42.5 Å². The summed E-state index contributed by atoms with van der Waals surface area (Å²) in [6.45, 7) is 4.62. The number of amides is 2. The summed E-state index contributed by atoms with van der Waals surface area (Å²) in [4.78, 5) is 14.0. The molecule has 0 unspecified atom stereocenters. The number of aryl methyl sites for hydroxylation is 3. The van der Waals surface area contributed by atoms with Crippen molar-refractivity contribution < 1.29 is 4.79 Å². The monoisotopic (exact) mass is 379 g/mol. The number of nitrogens with one attached hydrogen (secondary N) is 2. The van der Waals surface area contributed by atoms with Crippen LogP contribution in [0.3, 0.4) is 0 Å². The van der Waals surface area contributed by atoms with Crippen LogP contribution in [-0.2, 0) is 19.4 Å². The number of urea groups is 1. The summed E-state index contributed by atoms with van der Waals surface area (Å²) in [5, 5.41) is 7.29. The van der Waals surface area contributed by atoms with Crippen molar-refractivity contribution in [2.24, 2.45) is 0 Å². The molecule has 140 valence electrons. The summed E-state index contributed by atoms with van der Waals surface area (Å²) in [7, 11) is 0. The minimum Gasteiger partial charge on any atom is -0.334 e. The number of anilines is 1. The molecule has 4 nitrogen and oxygen atoms in total. The molecule has 4 rings (SSSR count). The molecule has 1 aromatic carbocycles. The summed E-state index contributed by atoms with van der Waals surface area (Å²) >= 11 is 1.87. The molecule has 0 atom stereocenters. The molecular weight excluding hydrogens is 354 g/mol. The third-order valence-corrected chi connectivity index (χ3v) is 6.50. The Kier molecular flexibility index (Phi) is 5.03. The van der Waals surface area contributed by atoms with Crippen LogP contribution in [0.5, 0.6) is 0 Å². The first kappa shape index (κ1) is 17.9. The fraction of sp³-hybridized carbons (Fsp3) is 0.318. The van der Waals surface area contributed by atoms with Crippen LogP contribution < -0.4 is 10.6 Å². The molecule has 2 heterocycles. The Morgan fingerprint density at radius 2 is 1.93 bits per heavy atom. The number of nitrogens with zero attached hydrogens (tertiary/aromatic N) is 1. The smallest absolute Gasteiger partial charge is 0.319 e. The third-order valence-electron chi connectivity index (χ3n) is 5.15. The first-order valence-corrected chi connectivity index (χ1v) is 10.3. The largest absolute Gasteiger partial charge is 0.334 e. The lowest BCUT2D eigenvalue weighted by atomic mass is 9.95. The molecule has 1 aliphatic rings. The van der Waals surface area contributed by atoms with Crippen LogP contribution in [0.25, 0.3) is 5.00 Å². The summed E-state index contributed by atoms with van der Waals surface area (Å²) in [6, 6.07) is 9.99. The summed E-state index contributed by atoms with van der Waals surface area (Å²) in [6.07, 6.45) is 8.92. The number of aromatic nitrogens is 1. The summed E-state index contributed by atoms with van der Waals surface area (Å²) in [5.41, 5.74) is 5.84. The van der Waals surface area contributed by atoms with Gasteiger partial charge in [-0.25, -0.2) is 4.79 Å². The van der Waals surface area contributed by atoms with Gasteiger partial charge in [0, 0.05) is 35.1 Å². The Balaban J connectivity index is 1.52. The highest BCUT2D eigenvalue weighted by molar-refractivity contribution is 7.14. The van der Waals surface area contributed by atoms with Crippen molar-refractivity contribution >= 4 is 23.1 Å². The SMILES string of the molecule is Cc1ccc(NC(=O)NCc2c(-n3cccc3)sc3c2CCCC3)c(C)c1. The van der Waals surface area contributed by atoms with Gasteiger partial charge in [-0.15, -0.1) is 11.3 Å². The predicted molar refractivity (Wildman–Crippen MR) is 112 cm³/mol. The first-order chi connectivity index (χ1) is 13.1. The van der Waals surface area contributed by atoms with Gasteiger partial charge >= 0.3 is 6.03 Å². The van der Waals surface area contributed by atoms with Gasteiger partial charge in [0.2, 0.25) is 0 Å². The molecule has 2 N–H and O–H groups in total. The number of hydrogen-bond acceptors (Lipinski definition) is 2. The molecule has 0 fully saturated rings. The zero-order valence-electron chi connectivity index (χ0n) is 15.8. The fourth-order valence-corrected chi connectivity index (χ4v) is 5.14. The second-order valence-corrected chi connectivity index (χ2v) is 8.29. The Morgan fingerprint density at radius 3 is 2.70 bits per heavy atom. The second kappa shape index (κ2) is 7.61. The van der Waals surface area contributed by atoms with Gasteiger partial charge in [-0.05, 0) is 68.9 Å². The Morgan fingerprint density at radius 1 is 1.15 bits per heavy atom. The lowest BCUT2D eigenvalue weighted by Gasteiger charge is -2.15. The van der Waals surface area contributed by atoms with Crippen molar-refractivity contribution in [3.05, 3.63) is 69.9 Å². The van der Waals surface area contributed by atoms with Crippen LogP contribution in [0, 0.1) is 13.8 Å². The zero-order valence-corrected chi connectivity index (χ0v) is 16.7. The van der Waals surface area contributed by atoms with Crippen LogP contribution in [0.15, 0.2) is 42.7 Å². The molecule has 0 saturated carbocycles. The minimum atomic E-state index is -0.156. The zero-order chi connectivity index (χ0) is 18.8. The van der Waals surface area contributed by atoms with E-state index >= 15 is 0 Å². The standard InChI is InChI=1S/C22H25N3OS/c1-15-9-10-19(16(2)13-15)24-22(26)23-14-18-17-7-3-4-8-20(17)27-21(18)25-11-5-6-12-25/h5-6,9-13H,3-4,7-8,14H2,1-2H3,(H2,23,24,26). The molecule has 0 spiro atoms. The number of rotatable bonds is 4. The number of hydrogen-bond donors (Lipinski definition) is 2. The summed E-state index contributed by atoms with van der Waals surface area (Å²) in [5.74, 6) is 0. The molecule has 27 heavy (non-hydrogen) atoms. The Hall–Kier alpha value is -2.53. The van der Waals surface area contributed by atoms with E-state index in [2.05, 4.69) is 40.6 Å². The van der Waals surface area contributed by atoms with Gasteiger partial charge < -0.3 is 15.2 Å². The van der Waals surface area contributed by atoms with Crippen LogP contribution in [0.2, 0.25) is 0 Å². The molecule has 2 aromatic heterocycles. The number of thiophene rings is 1. The van der Waals surface area contributed by atoms with Gasteiger partial charge in [-0.2, -0.15) is 0 Å². The van der Waals surface area contributed by atoms with E-state index in [0.29, 0.717) is 6.54 Å². The van der Waals surface area contributed by atoms with Crippen LogP contribution in [-0.4, -0.2) is 10.6 Å². The summed E-state index contributed by atoms with van der Waals surface area (Å²) < 4.78 is 2.17. The van der Waals surface area contributed by atoms with Gasteiger partial charge in [-0.3, -0.25) is 0 Å². The van der Waals surface area contributed by atoms with E-state index in [1.54, 1.807) is 0 Å². The second-order valence-electron chi connectivity index (χ2n) is 7.21. The van der Waals surface area contributed by atoms with Crippen molar-refractivity contribution in [3.8, 4) is 5.00 Å². The highest BCUT2D eigenvalue weighted by Crippen LogP contribution is 2.36. The van der Waals surface area contributed by atoms with Crippen molar-refractivity contribution in [1.29, 1.82) is 0 Å². The van der Waals surface area contributed by atoms with E-state index in [1.165, 1.54) is 39.4 Å². The highest BCUT2D eigenvalue weighted by Gasteiger charge is 2.21. The maximum atomic E-state index is 12.5. The van der Waals surface area contributed by atoms with E-state index in [0.717, 1.165) is 24.1 Å². The topological polar surface area (TPSA) is 46.1 Å². The van der Waals surface area contributed by atoms with Gasteiger partial charge in [0.15, 0.2) is 0 Å². The van der Waals surface area contributed by atoms with Crippen LogP contribution in [0.1, 0.15) is 40.0 Å². The van der Waals surface area contributed by atoms with Crippen molar-refractivity contribution in [2.45, 2.75) is 46.1 Å². The molecule has 0 bridgehead atoms.